The predicted molar refractivity (Wildman–Crippen MR) is 80.1 cm³/mol. The second-order valence-electron chi connectivity index (χ2n) is 5.02. The number of hydrogen-bond donors (Lipinski definition) is 2. The number of carbonyl (C=O) groups is 1. The molecule has 21 heavy (non-hydrogen) atoms. The molecule has 5 heteroatoms. The van der Waals surface area contributed by atoms with E-state index in [-0.39, 0.29) is 18.6 Å². The third kappa shape index (κ3) is 3.20. The molecule has 0 saturated heterocycles. The molecule has 1 atom stereocenters. The summed E-state index contributed by atoms with van der Waals surface area (Å²) in [5.41, 5.74) is 2.82. The second-order valence-corrected chi connectivity index (χ2v) is 5.02. The van der Waals surface area contributed by atoms with Gasteiger partial charge in [0.15, 0.2) is 6.61 Å². The van der Waals surface area contributed by atoms with E-state index in [1.165, 1.54) is 0 Å². The Morgan fingerprint density at radius 1 is 1.38 bits per heavy atom. The lowest BCUT2D eigenvalue weighted by Crippen LogP contribution is -2.26. The number of pyridine rings is 1. The number of ether oxygens (including phenoxy) is 1. The third-order valence-corrected chi connectivity index (χ3v) is 3.45. The minimum atomic E-state index is -0.117. The third-order valence-electron chi connectivity index (χ3n) is 3.45. The monoisotopic (exact) mass is 283 g/mol. The number of fused-ring (bicyclic) bond motifs is 1. The summed E-state index contributed by atoms with van der Waals surface area (Å²) < 4.78 is 5.36. The molecule has 0 bridgehead atoms. The first-order chi connectivity index (χ1) is 10.2. The van der Waals surface area contributed by atoms with Gasteiger partial charge in [0, 0.05) is 18.8 Å². The van der Waals surface area contributed by atoms with E-state index in [2.05, 4.69) is 22.5 Å². The predicted octanol–water partition coefficient (Wildman–Crippen LogP) is 2.26. The summed E-state index contributed by atoms with van der Waals surface area (Å²) in [5, 5.41) is 6.24. The summed E-state index contributed by atoms with van der Waals surface area (Å²) in [4.78, 5) is 15.6. The molecule has 5 nitrogen and oxygen atoms in total. The van der Waals surface area contributed by atoms with Crippen molar-refractivity contribution in [2.45, 2.75) is 19.5 Å². The molecule has 0 spiro atoms. The average molecular weight is 283 g/mol. The second kappa shape index (κ2) is 5.93. The maximum Gasteiger partial charge on any atom is 0.262 e. The SMILES string of the molecule is C[C@@H](NCc1ccccn1)c1ccc2c(c1)NC(=O)CO2. The van der Waals surface area contributed by atoms with Crippen molar-refractivity contribution in [1.82, 2.24) is 10.3 Å². The summed E-state index contributed by atoms with van der Waals surface area (Å²) in [6.07, 6.45) is 1.79. The van der Waals surface area contributed by atoms with Gasteiger partial charge in [0.05, 0.1) is 11.4 Å². The Kier molecular flexibility index (Phi) is 3.83. The molecule has 3 rings (SSSR count). The summed E-state index contributed by atoms with van der Waals surface area (Å²) >= 11 is 0. The van der Waals surface area contributed by atoms with Crippen LogP contribution in [0.4, 0.5) is 5.69 Å². The summed E-state index contributed by atoms with van der Waals surface area (Å²) in [6, 6.07) is 11.9. The highest BCUT2D eigenvalue weighted by atomic mass is 16.5. The van der Waals surface area contributed by atoms with Crippen LogP contribution < -0.4 is 15.4 Å². The normalized spacial score (nSPS) is 14.8. The molecule has 1 aromatic heterocycles. The zero-order valence-corrected chi connectivity index (χ0v) is 11.8. The van der Waals surface area contributed by atoms with Crippen molar-refractivity contribution in [3.05, 3.63) is 53.9 Å². The van der Waals surface area contributed by atoms with E-state index in [4.69, 9.17) is 4.74 Å². The van der Waals surface area contributed by atoms with Gasteiger partial charge < -0.3 is 15.4 Å². The minimum Gasteiger partial charge on any atom is -0.482 e. The van der Waals surface area contributed by atoms with Gasteiger partial charge in [-0.1, -0.05) is 12.1 Å². The van der Waals surface area contributed by atoms with Crippen molar-refractivity contribution in [2.75, 3.05) is 11.9 Å². The number of carbonyl (C=O) groups excluding carboxylic acids is 1. The smallest absolute Gasteiger partial charge is 0.262 e. The topological polar surface area (TPSA) is 63.2 Å². The first-order valence-corrected chi connectivity index (χ1v) is 6.92. The maximum absolute atomic E-state index is 11.4. The van der Waals surface area contributed by atoms with Crippen molar-refractivity contribution in [3.8, 4) is 5.75 Å². The number of anilines is 1. The fourth-order valence-corrected chi connectivity index (χ4v) is 2.25. The number of benzene rings is 1. The van der Waals surface area contributed by atoms with E-state index in [0.29, 0.717) is 6.54 Å². The Balaban J connectivity index is 1.69. The van der Waals surface area contributed by atoms with Crippen LogP contribution in [0.5, 0.6) is 5.75 Å². The average Bonchev–Trinajstić information content (AvgIpc) is 2.53. The van der Waals surface area contributed by atoms with Crippen molar-refractivity contribution < 1.29 is 9.53 Å². The van der Waals surface area contributed by atoms with Crippen LogP contribution in [0.2, 0.25) is 0 Å². The maximum atomic E-state index is 11.4. The molecule has 1 aliphatic heterocycles. The number of nitrogens with zero attached hydrogens (tertiary/aromatic N) is 1. The van der Waals surface area contributed by atoms with E-state index >= 15 is 0 Å². The lowest BCUT2D eigenvalue weighted by atomic mass is 10.1. The highest BCUT2D eigenvalue weighted by molar-refractivity contribution is 5.95. The standard InChI is InChI=1S/C16H17N3O2/c1-11(18-9-13-4-2-3-7-17-13)12-5-6-15-14(8-12)19-16(20)10-21-15/h2-8,11,18H,9-10H2,1H3,(H,19,20)/t11-/m1/s1. The molecule has 0 fully saturated rings. The molecule has 0 unspecified atom stereocenters. The van der Waals surface area contributed by atoms with Gasteiger partial charge >= 0.3 is 0 Å². The Labute approximate surface area is 123 Å². The van der Waals surface area contributed by atoms with Crippen molar-refractivity contribution in [1.29, 1.82) is 0 Å². The van der Waals surface area contributed by atoms with Gasteiger partial charge in [0.25, 0.3) is 5.91 Å². The van der Waals surface area contributed by atoms with Gasteiger partial charge in [-0.3, -0.25) is 9.78 Å². The van der Waals surface area contributed by atoms with E-state index in [0.717, 1.165) is 22.7 Å². The number of hydrogen-bond acceptors (Lipinski definition) is 4. The van der Waals surface area contributed by atoms with Crippen LogP contribution in [0, 0.1) is 0 Å². The van der Waals surface area contributed by atoms with E-state index in [9.17, 15) is 4.79 Å². The number of amides is 1. The fourth-order valence-electron chi connectivity index (χ4n) is 2.25. The summed E-state index contributed by atoms with van der Waals surface area (Å²) in [5.74, 6) is 0.601. The lowest BCUT2D eigenvalue weighted by Gasteiger charge is -2.21. The van der Waals surface area contributed by atoms with Crippen molar-refractivity contribution in [3.63, 3.8) is 0 Å². The van der Waals surface area contributed by atoms with E-state index in [1.807, 2.05) is 36.4 Å². The molecule has 2 heterocycles. The highest BCUT2D eigenvalue weighted by Crippen LogP contribution is 2.30. The largest absolute Gasteiger partial charge is 0.482 e. The summed E-state index contributed by atoms with van der Waals surface area (Å²) in [6.45, 7) is 2.86. The van der Waals surface area contributed by atoms with Crippen LogP contribution in [-0.4, -0.2) is 17.5 Å². The molecular formula is C16H17N3O2. The molecule has 0 saturated carbocycles. The fraction of sp³-hybridized carbons (Fsp3) is 0.250. The number of nitrogens with one attached hydrogen (secondary N) is 2. The first kappa shape index (κ1) is 13.6. The molecule has 2 N–H and O–H groups in total. The highest BCUT2D eigenvalue weighted by Gasteiger charge is 2.17. The molecule has 1 aliphatic rings. The lowest BCUT2D eigenvalue weighted by molar-refractivity contribution is -0.118. The molecule has 1 amide bonds. The van der Waals surface area contributed by atoms with Crippen molar-refractivity contribution >= 4 is 11.6 Å². The number of aromatic nitrogens is 1. The molecule has 0 radical (unpaired) electrons. The zero-order chi connectivity index (χ0) is 14.7. The quantitative estimate of drug-likeness (QED) is 0.903. The van der Waals surface area contributed by atoms with Gasteiger partial charge in [-0.15, -0.1) is 0 Å². The Bertz CT molecular complexity index is 643. The van der Waals surface area contributed by atoms with Crippen LogP contribution in [0.1, 0.15) is 24.2 Å². The van der Waals surface area contributed by atoms with Crippen LogP contribution in [-0.2, 0) is 11.3 Å². The van der Waals surface area contributed by atoms with Gasteiger partial charge in [0.2, 0.25) is 0 Å². The molecule has 0 aliphatic carbocycles. The van der Waals surface area contributed by atoms with E-state index in [1.54, 1.807) is 6.20 Å². The van der Waals surface area contributed by atoms with E-state index < -0.39 is 0 Å². The number of rotatable bonds is 4. The van der Waals surface area contributed by atoms with Gasteiger partial charge in [-0.2, -0.15) is 0 Å². The minimum absolute atomic E-state index is 0.0832. The molecule has 2 aromatic rings. The summed E-state index contributed by atoms with van der Waals surface area (Å²) in [7, 11) is 0. The van der Waals surface area contributed by atoms with Gasteiger partial charge in [-0.05, 0) is 36.8 Å². The van der Waals surface area contributed by atoms with Crippen LogP contribution in [0.3, 0.4) is 0 Å². The molecular weight excluding hydrogens is 266 g/mol. The van der Waals surface area contributed by atoms with Crippen LogP contribution >= 0.6 is 0 Å². The van der Waals surface area contributed by atoms with Gasteiger partial charge in [0.1, 0.15) is 5.75 Å². The molecule has 1 aromatic carbocycles. The van der Waals surface area contributed by atoms with Gasteiger partial charge in [-0.25, -0.2) is 0 Å². The van der Waals surface area contributed by atoms with Crippen molar-refractivity contribution in [2.24, 2.45) is 0 Å². The first-order valence-electron chi connectivity index (χ1n) is 6.92. The Hall–Kier alpha value is -2.40. The van der Waals surface area contributed by atoms with Crippen LogP contribution in [0.15, 0.2) is 42.6 Å². The molecule has 108 valence electrons. The Morgan fingerprint density at radius 3 is 3.10 bits per heavy atom. The Morgan fingerprint density at radius 2 is 2.29 bits per heavy atom. The zero-order valence-electron chi connectivity index (χ0n) is 11.8. The van der Waals surface area contributed by atoms with Crippen LogP contribution in [0.25, 0.3) is 0 Å².